The van der Waals surface area contributed by atoms with Crippen LogP contribution < -0.4 is 14.4 Å². The van der Waals surface area contributed by atoms with Crippen molar-refractivity contribution in [3.63, 3.8) is 0 Å². The number of nitrogens with zero attached hydrogens (tertiary/aromatic N) is 3. The van der Waals surface area contributed by atoms with Gasteiger partial charge in [-0.05, 0) is 86.3 Å². The Hall–Kier alpha value is -3.80. The zero-order chi connectivity index (χ0) is 25.1. The summed E-state index contributed by atoms with van der Waals surface area (Å²) >= 11 is 0. The number of hydrogen-bond donors (Lipinski definition) is 0. The SMILES string of the molecule is COc1ccc(OCCCCn2c(C3CC(=O)N(c4cc(C)cc(C)c4)C3)nc3ccccc32)cc1. The van der Waals surface area contributed by atoms with Crippen LogP contribution in [0.4, 0.5) is 5.69 Å². The molecule has 1 atom stereocenters. The minimum absolute atomic E-state index is 0.0706. The highest BCUT2D eigenvalue weighted by molar-refractivity contribution is 5.96. The number of imidazole rings is 1. The van der Waals surface area contributed by atoms with E-state index in [2.05, 4.69) is 54.8 Å². The van der Waals surface area contributed by atoms with E-state index in [4.69, 9.17) is 14.5 Å². The minimum Gasteiger partial charge on any atom is -0.497 e. The van der Waals surface area contributed by atoms with Crippen molar-refractivity contribution in [2.45, 2.75) is 45.6 Å². The second kappa shape index (κ2) is 10.4. The van der Waals surface area contributed by atoms with Crippen LogP contribution in [0.2, 0.25) is 0 Å². The van der Waals surface area contributed by atoms with Gasteiger partial charge in [0.15, 0.2) is 0 Å². The largest absolute Gasteiger partial charge is 0.497 e. The number of aromatic nitrogens is 2. The number of ether oxygens (including phenoxy) is 2. The first-order valence-electron chi connectivity index (χ1n) is 12.6. The number of aryl methyl sites for hydroxylation is 3. The maximum Gasteiger partial charge on any atom is 0.227 e. The van der Waals surface area contributed by atoms with Gasteiger partial charge in [0.1, 0.15) is 17.3 Å². The zero-order valence-corrected chi connectivity index (χ0v) is 21.2. The van der Waals surface area contributed by atoms with E-state index in [-0.39, 0.29) is 11.8 Å². The fraction of sp³-hybridized carbons (Fsp3) is 0.333. The summed E-state index contributed by atoms with van der Waals surface area (Å²) < 4.78 is 13.4. The monoisotopic (exact) mass is 483 g/mol. The van der Waals surface area contributed by atoms with Crippen LogP contribution in [-0.2, 0) is 11.3 Å². The number of rotatable bonds is 9. The zero-order valence-electron chi connectivity index (χ0n) is 21.2. The molecule has 0 aliphatic carbocycles. The van der Waals surface area contributed by atoms with Gasteiger partial charge < -0.3 is 18.9 Å². The third-order valence-corrected chi connectivity index (χ3v) is 6.80. The van der Waals surface area contributed by atoms with Crippen molar-refractivity contribution < 1.29 is 14.3 Å². The van der Waals surface area contributed by atoms with Crippen LogP contribution in [0.5, 0.6) is 11.5 Å². The number of hydrogen-bond acceptors (Lipinski definition) is 4. The third kappa shape index (κ3) is 5.08. The third-order valence-electron chi connectivity index (χ3n) is 6.80. The van der Waals surface area contributed by atoms with Crippen molar-refractivity contribution in [2.24, 2.45) is 0 Å². The Morgan fingerprint density at radius 2 is 1.67 bits per heavy atom. The molecule has 0 radical (unpaired) electrons. The summed E-state index contributed by atoms with van der Waals surface area (Å²) in [6.07, 6.45) is 2.37. The Kier molecular flexibility index (Phi) is 6.94. The molecule has 4 aromatic rings. The fourth-order valence-electron chi connectivity index (χ4n) is 5.11. The number of methoxy groups -OCH3 is 1. The van der Waals surface area contributed by atoms with E-state index in [1.165, 1.54) is 11.1 Å². The van der Waals surface area contributed by atoms with Crippen LogP contribution in [0.1, 0.15) is 42.1 Å². The normalized spacial score (nSPS) is 15.6. The van der Waals surface area contributed by atoms with Gasteiger partial charge in [0.2, 0.25) is 5.91 Å². The molecule has 1 unspecified atom stereocenters. The summed E-state index contributed by atoms with van der Waals surface area (Å²) in [5.74, 6) is 2.91. The summed E-state index contributed by atoms with van der Waals surface area (Å²) in [7, 11) is 1.66. The maximum absolute atomic E-state index is 13.0. The molecule has 186 valence electrons. The highest BCUT2D eigenvalue weighted by Crippen LogP contribution is 2.34. The Labute approximate surface area is 212 Å². The number of fused-ring (bicyclic) bond motifs is 1. The van der Waals surface area contributed by atoms with Crippen molar-refractivity contribution in [1.29, 1.82) is 0 Å². The molecule has 0 N–H and O–H groups in total. The van der Waals surface area contributed by atoms with Gasteiger partial charge in [0.05, 0.1) is 24.8 Å². The minimum atomic E-state index is 0.0706. The second-order valence-electron chi connectivity index (χ2n) is 9.59. The standard InChI is InChI=1S/C30H33N3O3/c1-21-16-22(2)18-24(17-21)33-20-23(19-29(33)34)30-31-27-8-4-5-9-28(27)32(30)14-6-7-15-36-26-12-10-25(35-3)11-13-26/h4-5,8-13,16-18,23H,6-7,14-15,19-20H2,1-3H3. The van der Waals surface area contributed by atoms with Crippen LogP contribution in [0.15, 0.2) is 66.7 Å². The quantitative estimate of drug-likeness (QED) is 0.272. The van der Waals surface area contributed by atoms with E-state index in [0.29, 0.717) is 19.6 Å². The highest BCUT2D eigenvalue weighted by atomic mass is 16.5. The predicted molar refractivity (Wildman–Crippen MR) is 143 cm³/mol. The van der Waals surface area contributed by atoms with Gasteiger partial charge in [-0.1, -0.05) is 18.2 Å². The number of carbonyl (C=O) groups excluding carboxylic acids is 1. The van der Waals surface area contributed by atoms with E-state index in [1.54, 1.807) is 7.11 Å². The molecule has 1 fully saturated rings. The summed E-state index contributed by atoms with van der Waals surface area (Å²) in [5.41, 5.74) is 5.44. The lowest BCUT2D eigenvalue weighted by Crippen LogP contribution is -2.24. The number of benzene rings is 3. The molecule has 0 spiro atoms. The fourth-order valence-corrected chi connectivity index (χ4v) is 5.11. The molecule has 36 heavy (non-hydrogen) atoms. The smallest absolute Gasteiger partial charge is 0.227 e. The van der Waals surface area contributed by atoms with Gasteiger partial charge in [-0.25, -0.2) is 4.98 Å². The van der Waals surface area contributed by atoms with Crippen molar-refractivity contribution in [3.05, 3.63) is 83.7 Å². The summed E-state index contributed by atoms with van der Waals surface area (Å²) in [4.78, 5) is 20.0. The summed E-state index contributed by atoms with van der Waals surface area (Å²) in [5, 5.41) is 0. The lowest BCUT2D eigenvalue weighted by atomic mass is 10.1. The molecule has 1 amide bonds. The number of para-hydroxylation sites is 2. The number of unbranched alkanes of at least 4 members (excludes halogenated alkanes) is 1. The Morgan fingerprint density at radius 3 is 2.42 bits per heavy atom. The summed E-state index contributed by atoms with van der Waals surface area (Å²) in [6.45, 7) is 6.30. The molecule has 0 saturated carbocycles. The van der Waals surface area contributed by atoms with Crippen LogP contribution in [0.25, 0.3) is 11.0 Å². The van der Waals surface area contributed by atoms with Gasteiger partial charge >= 0.3 is 0 Å². The van der Waals surface area contributed by atoms with Crippen LogP contribution >= 0.6 is 0 Å². The van der Waals surface area contributed by atoms with Crippen LogP contribution in [0, 0.1) is 13.8 Å². The van der Waals surface area contributed by atoms with Gasteiger partial charge in [-0.15, -0.1) is 0 Å². The summed E-state index contributed by atoms with van der Waals surface area (Å²) in [6, 6.07) is 22.3. The molecule has 2 heterocycles. The van der Waals surface area contributed by atoms with Gasteiger partial charge in [0.25, 0.3) is 0 Å². The molecule has 1 saturated heterocycles. The molecular weight excluding hydrogens is 450 g/mol. The maximum atomic E-state index is 13.0. The average Bonchev–Trinajstić information content (AvgIpc) is 3.44. The molecule has 6 nitrogen and oxygen atoms in total. The van der Waals surface area contributed by atoms with Crippen molar-refractivity contribution in [1.82, 2.24) is 9.55 Å². The Balaban J connectivity index is 1.28. The molecule has 1 aliphatic heterocycles. The van der Waals surface area contributed by atoms with Crippen LogP contribution in [-0.4, -0.2) is 35.7 Å². The lowest BCUT2D eigenvalue weighted by Gasteiger charge is -2.19. The molecule has 3 aromatic carbocycles. The van der Waals surface area contributed by atoms with E-state index in [0.717, 1.165) is 53.4 Å². The second-order valence-corrected chi connectivity index (χ2v) is 9.59. The first kappa shape index (κ1) is 23.9. The number of anilines is 1. The molecule has 6 heteroatoms. The van der Waals surface area contributed by atoms with Gasteiger partial charge in [0, 0.05) is 31.1 Å². The molecule has 5 rings (SSSR count). The van der Waals surface area contributed by atoms with E-state index < -0.39 is 0 Å². The van der Waals surface area contributed by atoms with Crippen molar-refractivity contribution >= 4 is 22.6 Å². The highest BCUT2D eigenvalue weighted by Gasteiger charge is 2.35. The number of carbonyl (C=O) groups is 1. The molecule has 1 aromatic heterocycles. The molecule has 1 aliphatic rings. The lowest BCUT2D eigenvalue weighted by molar-refractivity contribution is -0.117. The average molecular weight is 484 g/mol. The predicted octanol–water partition coefficient (Wildman–Crippen LogP) is 6.04. The topological polar surface area (TPSA) is 56.6 Å². The van der Waals surface area contributed by atoms with Crippen molar-refractivity contribution in [3.8, 4) is 11.5 Å². The first-order chi connectivity index (χ1) is 17.5. The molecular formula is C30H33N3O3. The first-order valence-corrected chi connectivity index (χ1v) is 12.6. The van der Waals surface area contributed by atoms with Crippen molar-refractivity contribution in [2.75, 3.05) is 25.2 Å². The van der Waals surface area contributed by atoms with Gasteiger partial charge in [-0.2, -0.15) is 0 Å². The van der Waals surface area contributed by atoms with E-state index >= 15 is 0 Å². The van der Waals surface area contributed by atoms with E-state index in [1.807, 2.05) is 35.2 Å². The Bertz CT molecular complexity index is 1340. The Morgan fingerprint density at radius 1 is 0.944 bits per heavy atom. The van der Waals surface area contributed by atoms with E-state index in [9.17, 15) is 4.79 Å². The van der Waals surface area contributed by atoms with Gasteiger partial charge in [-0.3, -0.25) is 4.79 Å². The number of amides is 1. The van der Waals surface area contributed by atoms with Crippen LogP contribution in [0.3, 0.4) is 0 Å². The molecule has 0 bridgehead atoms.